The summed E-state index contributed by atoms with van der Waals surface area (Å²) in [5.41, 5.74) is 3.28. The number of ether oxygens (including phenoxy) is 1. The highest BCUT2D eigenvalue weighted by Crippen LogP contribution is 2.38. The summed E-state index contributed by atoms with van der Waals surface area (Å²) < 4.78 is 35.7. The van der Waals surface area contributed by atoms with Crippen molar-refractivity contribution in [1.82, 2.24) is 14.9 Å². The van der Waals surface area contributed by atoms with Crippen LogP contribution in [0.15, 0.2) is 54.6 Å². The molecular weight excluding hydrogens is 474 g/mol. The zero-order chi connectivity index (χ0) is 25.5. The lowest BCUT2D eigenvalue weighted by Crippen LogP contribution is -2.37. The van der Waals surface area contributed by atoms with Gasteiger partial charge >= 0.3 is 0 Å². The molecule has 3 heterocycles. The first-order valence-electron chi connectivity index (χ1n) is 12.5. The molecule has 0 unspecified atom stereocenters. The molecule has 0 saturated carbocycles. The number of likely N-dealkylation sites (tertiary alicyclic amines) is 1. The quantitative estimate of drug-likeness (QED) is 0.337. The number of benzene rings is 3. The summed E-state index contributed by atoms with van der Waals surface area (Å²) in [4.78, 5) is 22.9. The number of aromatic nitrogens is 2. The first-order chi connectivity index (χ1) is 18.0. The van der Waals surface area contributed by atoms with Crippen molar-refractivity contribution in [2.75, 3.05) is 25.0 Å². The number of imidazole rings is 1. The number of carbonyl (C=O) groups is 1. The number of fused-ring (bicyclic) bond motifs is 2. The normalized spacial score (nSPS) is 17.4. The van der Waals surface area contributed by atoms with Crippen molar-refractivity contribution in [3.05, 3.63) is 77.4 Å². The van der Waals surface area contributed by atoms with Gasteiger partial charge in [-0.05, 0) is 67.4 Å². The molecule has 0 aliphatic carbocycles. The Hall–Kier alpha value is -4.04. The number of piperidine rings is 1. The first kappa shape index (κ1) is 23.4. The van der Waals surface area contributed by atoms with Gasteiger partial charge in [0.2, 0.25) is 0 Å². The van der Waals surface area contributed by atoms with Crippen LogP contribution in [0.5, 0.6) is 5.75 Å². The second kappa shape index (κ2) is 9.44. The molecule has 1 aromatic heterocycles. The fraction of sp³-hybridized carbons (Fsp3) is 0.241. The molecule has 37 heavy (non-hydrogen) atoms. The molecule has 6 nitrogen and oxygen atoms in total. The second-order valence-corrected chi connectivity index (χ2v) is 9.43. The lowest BCUT2D eigenvalue weighted by molar-refractivity contribution is -0.110. The number of para-hydroxylation sites is 2. The van der Waals surface area contributed by atoms with E-state index in [1.807, 2.05) is 36.4 Å². The van der Waals surface area contributed by atoms with Gasteiger partial charge in [-0.3, -0.25) is 4.79 Å². The maximum atomic E-state index is 15.1. The van der Waals surface area contributed by atoms with Crippen LogP contribution >= 0.6 is 0 Å². The SMILES string of the molecule is CCN1CCC(Oc2ccc3c(c2)/C(=C/c2cc(F)cc(F)c2-c2nc4ccccc4[nH]2)C(=O)N3)CC1. The fourth-order valence-corrected chi connectivity index (χ4v) is 5.10. The number of amides is 1. The van der Waals surface area contributed by atoms with Crippen molar-refractivity contribution < 1.29 is 18.3 Å². The molecule has 0 spiro atoms. The lowest BCUT2D eigenvalue weighted by Gasteiger charge is -2.31. The summed E-state index contributed by atoms with van der Waals surface area (Å²) in [6.07, 6.45) is 3.50. The van der Waals surface area contributed by atoms with Gasteiger partial charge in [0.05, 0.1) is 16.6 Å². The monoisotopic (exact) mass is 500 g/mol. The summed E-state index contributed by atoms with van der Waals surface area (Å²) in [6.45, 7) is 5.17. The molecule has 3 aromatic carbocycles. The molecule has 2 aliphatic heterocycles. The van der Waals surface area contributed by atoms with E-state index in [-0.39, 0.29) is 29.0 Å². The molecule has 2 aliphatic rings. The number of anilines is 1. The lowest BCUT2D eigenvalue weighted by atomic mass is 9.99. The van der Waals surface area contributed by atoms with E-state index in [4.69, 9.17) is 4.74 Å². The minimum atomic E-state index is -0.764. The summed E-state index contributed by atoms with van der Waals surface area (Å²) >= 11 is 0. The van der Waals surface area contributed by atoms with E-state index in [2.05, 4.69) is 27.1 Å². The van der Waals surface area contributed by atoms with Gasteiger partial charge in [-0.1, -0.05) is 19.1 Å². The van der Waals surface area contributed by atoms with Crippen molar-refractivity contribution in [3.63, 3.8) is 0 Å². The van der Waals surface area contributed by atoms with Crippen molar-refractivity contribution in [2.24, 2.45) is 0 Å². The van der Waals surface area contributed by atoms with Crippen molar-refractivity contribution in [3.8, 4) is 17.1 Å². The summed E-state index contributed by atoms with van der Waals surface area (Å²) in [6, 6.07) is 14.8. The Kier molecular flexibility index (Phi) is 5.96. The Morgan fingerprint density at radius 3 is 2.70 bits per heavy atom. The smallest absolute Gasteiger partial charge is 0.256 e. The number of carbonyl (C=O) groups excluding carboxylic acids is 1. The van der Waals surface area contributed by atoms with E-state index in [0.717, 1.165) is 44.1 Å². The standard InChI is InChI=1S/C29H26F2N4O2/c1-2-35-11-9-19(10-12-35)37-20-7-8-24-21(16-20)22(29(36)34-24)14-17-13-18(30)15-23(31)27(17)28-32-25-5-3-4-6-26(25)33-28/h3-8,13-16,19H,2,9-12H2,1H3,(H,32,33)(H,34,36)/b22-14-. The molecule has 1 fully saturated rings. The summed E-state index contributed by atoms with van der Waals surface area (Å²) in [7, 11) is 0. The van der Waals surface area contributed by atoms with Gasteiger partial charge in [-0.15, -0.1) is 0 Å². The van der Waals surface area contributed by atoms with E-state index in [1.54, 1.807) is 6.07 Å². The van der Waals surface area contributed by atoms with E-state index in [1.165, 1.54) is 12.1 Å². The average Bonchev–Trinajstić information content (AvgIpc) is 3.44. The molecule has 0 radical (unpaired) electrons. The maximum Gasteiger partial charge on any atom is 0.256 e. The molecule has 0 bridgehead atoms. The number of rotatable bonds is 5. The summed E-state index contributed by atoms with van der Waals surface area (Å²) in [5, 5.41) is 2.84. The number of H-pyrrole nitrogens is 1. The van der Waals surface area contributed by atoms with Crippen LogP contribution in [0.2, 0.25) is 0 Å². The molecule has 1 saturated heterocycles. The molecular formula is C29H26F2N4O2. The number of nitrogens with one attached hydrogen (secondary N) is 2. The predicted octanol–water partition coefficient (Wildman–Crippen LogP) is 5.86. The minimum Gasteiger partial charge on any atom is -0.490 e. The van der Waals surface area contributed by atoms with E-state index < -0.39 is 11.6 Å². The van der Waals surface area contributed by atoms with E-state index >= 15 is 4.39 Å². The van der Waals surface area contributed by atoms with Crippen LogP contribution in [0.4, 0.5) is 14.5 Å². The van der Waals surface area contributed by atoms with Crippen LogP contribution in [0.1, 0.15) is 30.9 Å². The number of hydrogen-bond acceptors (Lipinski definition) is 4. The Morgan fingerprint density at radius 2 is 1.92 bits per heavy atom. The summed E-state index contributed by atoms with van der Waals surface area (Å²) in [5.74, 6) is -0.916. The topological polar surface area (TPSA) is 70.2 Å². The third-order valence-electron chi connectivity index (χ3n) is 7.07. The third kappa shape index (κ3) is 4.49. The molecule has 1 amide bonds. The predicted molar refractivity (Wildman–Crippen MR) is 140 cm³/mol. The van der Waals surface area contributed by atoms with Crippen LogP contribution in [0.25, 0.3) is 34.1 Å². The average molecular weight is 501 g/mol. The number of hydrogen-bond donors (Lipinski definition) is 2. The number of aromatic amines is 1. The molecule has 4 aromatic rings. The zero-order valence-corrected chi connectivity index (χ0v) is 20.4. The van der Waals surface area contributed by atoms with Crippen molar-refractivity contribution in [2.45, 2.75) is 25.9 Å². The minimum absolute atomic E-state index is 0.0986. The van der Waals surface area contributed by atoms with Gasteiger partial charge in [-0.2, -0.15) is 0 Å². The highest BCUT2D eigenvalue weighted by molar-refractivity contribution is 6.35. The molecule has 2 N–H and O–H groups in total. The van der Waals surface area contributed by atoms with E-state index in [9.17, 15) is 9.18 Å². The van der Waals surface area contributed by atoms with Crippen molar-refractivity contribution in [1.29, 1.82) is 0 Å². The van der Waals surface area contributed by atoms with Gasteiger partial charge < -0.3 is 19.9 Å². The van der Waals surface area contributed by atoms with Crippen LogP contribution in [0, 0.1) is 11.6 Å². The van der Waals surface area contributed by atoms with Gasteiger partial charge in [0, 0.05) is 36.0 Å². The maximum absolute atomic E-state index is 15.1. The Bertz CT molecular complexity index is 1500. The van der Waals surface area contributed by atoms with Gasteiger partial charge in [0.25, 0.3) is 5.91 Å². The van der Waals surface area contributed by atoms with Crippen LogP contribution in [-0.2, 0) is 4.79 Å². The van der Waals surface area contributed by atoms with E-state index in [0.29, 0.717) is 28.1 Å². The van der Waals surface area contributed by atoms with Crippen LogP contribution < -0.4 is 10.1 Å². The van der Waals surface area contributed by atoms with Gasteiger partial charge in [0.15, 0.2) is 0 Å². The largest absolute Gasteiger partial charge is 0.490 e. The molecule has 0 atom stereocenters. The second-order valence-electron chi connectivity index (χ2n) is 9.43. The molecule has 6 rings (SSSR count). The van der Waals surface area contributed by atoms with Gasteiger partial charge in [-0.25, -0.2) is 13.8 Å². The molecule has 8 heteroatoms. The Labute approximate surface area is 213 Å². The number of nitrogens with zero attached hydrogens (tertiary/aromatic N) is 2. The highest BCUT2D eigenvalue weighted by Gasteiger charge is 2.27. The Balaban J connectivity index is 1.37. The van der Waals surface area contributed by atoms with Crippen molar-refractivity contribution >= 4 is 34.3 Å². The van der Waals surface area contributed by atoms with Crippen LogP contribution in [-0.4, -0.2) is 46.5 Å². The highest BCUT2D eigenvalue weighted by atomic mass is 19.1. The molecule has 188 valence electrons. The van der Waals surface area contributed by atoms with Gasteiger partial charge in [0.1, 0.15) is 29.3 Å². The van der Waals surface area contributed by atoms with Crippen LogP contribution in [0.3, 0.4) is 0 Å². The third-order valence-corrected chi connectivity index (χ3v) is 7.07. The first-order valence-corrected chi connectivity index (χ1v) is 12.5. The Morgan fingerprint density at radius 1 is 1.11 bits per heavy atom. The fourth-order valence-electron chi connectivity index (χ4n) is 5.10. The zero-order valence-electron chi connectivity index (χ0n) is 20.4. The number of halogens is 2.